The summed E-state index contributed by atoms with van der Waals surface area (Å²) in [4.78, 5) is 12.5. The molecule has 0 fully saturated rings. The minimum absolute atomic E-state index is 0.000167. The number of aromatic nitrogens is 2. The van der Waals surface area contributed by atoms with Gasteiger partial charge in [-0.3, -0.25) is 4.79 Å². The molecule has 5 nitrogen and oxygen atoms in total. The second-order valence-corrected chi connectivity index (χ2v) is 9.89. The second-order valence-electron chi connectivity index (χ2n) is 6.24. The molecule has 0 bridgehead atoms. The number of amides is 1. The van der Waals surface area contributed by atoms with Gasteiger partial charge in [0.1, 0.15) is 5.54 Å². The van der Waals surface area contributed by atoms with Crippen molar-refractivity contribution in [1.29, 1.82) is 5.26 Å². The van der Waals surface area contributed by atoms with Gasteiger partial charge in [-0.2, -0.15) is 5.26 Å². The molecule has 2 atom stereocenters. The lowest BCUT2D eigenvalue weighted by atomic mass is 9.90. The lowest BCUT2D eigenvalue weighted by Gasteiger charge is -2.28. The average Bonchev–Trinajstić information content (AvgIpc) is 2.95. The molecule has 138 valence electrons. The van der Waals surface area contributed by atoms with E-state index in [4.69, 9.17) is 23.8 Å². The minimum Gasteiger partial charge on any atom is -0.337 e. The Labute approximate surface area is 171 Å². The summed E-state index contributed by atoms with van der Waals surface area (Å²) in [7, 11) is 0. The zero-order chi connectivity index (χ0) is 19.5. The van der Waals surface area contributed by atoms with Crippen molar-refractivity contribution < 1.29 is 4.79 Å². The summed E-state index contributed by atoms with van der Waals surface area (Å²) in [5.41, 5.74) is -0.0854. The first-order valence-corrected chi connectivity index (χ1v) is 10.4. The standard InChI is InChI=1S/C17H19ClN4OS3/c1-10(2)17(4,9-19)20-14(23)11(3)25-15-21-22(16(24)26-15)13-7-5-12(18)6-8-13/h5-8,10-11H,1-4H3,(H,20,23). The number of thioether (sulfide) groups is 1. The van der Waals surface area contributed by atoms with Crippen LogP contribution in [0.5, 0.6) is 0 Å². The Kier molecular flexibility index (Phi) is 6.86. The van der Waals surface area contributed by atoms with Crippen molar-refractivity contribution in [1.82, 2.24) is 15.1 Å². The molecule has 0 saturated carbocycles. The molecule has 0 radical (unpaired) electrons. The number of hydrogen-bond donors (Lipinski definition) is 1. The Balaban J connectivity index is 2.13. The predicted octanol–water partition coefficient (Wildman–Crippen LogP) is 4.85. The highest BCUT2D eigenvalue weighted by atomic mass is 35.5. The molecular formula is C17H19ClN4OS3. The summed E-state index contributed by atoms with van der Waals surface area (Å²) in [5, 5.41) is 16.9. The molecule has 0 saturated heterocycles. The fourth-order valence-corrected chi connectivity index (χ4v) is 4.55. The van der Waals surface area contributed by atoms with E-state index in [0.717, 1.165) is 5.69 Å². The molecule has 0 aliphatic heterocycles. The van der Waals surface area contributed by atoms with E-state index < -0.39 is 10.8 Å². The third-order valence-electron chi connectivity index (χ3n) is 4.02. The van der Waals surface area contributed by atoms with Crippen molar-refractivity contribution in [2.24, 2.45) is 5.92 Å². The molecule has 2 aromatic rings. The predicted molar refractivity (Wildman–Crippen MR) is 110 cm³/mol. The SMILES string of the molecule is CC(Sc1nn(-c2ccc(Cl)cc2)c(=S)s1)C(=O)NC(C)(C#N)C(C)C. The highest BCUT2D eigenvalue weighted by molar-refractivity contribution is 8.02. The van der Waals surface area contributed by atoms with Crippen LogP contribution in [0.1, 0.15) is 27.7 Å². The number of rotatable bonds is 6. The largest absolute Gasteiger partial charge is 0.337 e. The van der Waals surface area contributed by atoms with Crippen molar-refractivity contribution in [3.05, 3.63) is 33.2 Å². The third-order valence-corrected chi connectivity index (χ3v) is 6.69. The quantitative estimate of drug-likeness (QED) is 0.528. The van der Waals surface area contributed by atoms with Gasteiger partial charge in [0.05, 0.1) is 17.0 Å². The van der Waals surface area contributed by atoms with E-state index in [1.165, 1.54) is 23.1 Å². The highest BCUT2D eigenvalue weighted by Gasteiger charge is 2.32. The number of nitrogens with one attached hydrogen (secondary N) is 1. The molecule has 1 amide bonds. The Bertz CT molecular complexity index is 885. The molecule has 0 spiro atoms. The number of nitrogens with zero attached hydrogens (tertiary/aromatic N) is 3. The van der Waals surface area contributed by atoms with Crippen LogP contribution in [0.2, 0.25) is 5.02 Å². The molecule has 9 heteroatoms. The molecule has 26 heavy (non-hydrogen) atoms. The monoisotopic (exact) mass is 426 g/mol. The number of nitriles is 1. The first-order valence-electron chi connectivity index (χ1n) is 7.92. The minimum atomic E-state index is -0.902. The fraction of sp³-hybridized carbons (Fsp3) is 0.412. The van der Waals surface area contributed by atoms with Gasteiger partial charge < -0.3 is 5.32 Å². The molecule has 1 aromatic heterocycles. The average molecular weight is 427 g/mol. The van der Waals surface area contributed by atoms with E-state index in [2.05, 4.69) is 16.5 Å². The van der Waals surface area contributed by atoms with E-state index in [0.29, 0.717) is 13.3 Å². The molecule has 0 aliphatic carbocycles. The Morgan fingerprint density at radius 2 is 2.04 bits per heavy atom. The van der Waals surface area contributed by atoms with Crippen molar-refractivity contribution >= 4 is 52.8 Å². The van der Waals surface area contributed by atoms with Gasteiger partial charge in [0.15, 0.2) is 8.29 Å². The van der Waals surface area contributed by atoms with Crippen molar-refractivity contribution in [3.63, 3.8) is 0 Å². The van der Waals surface area contributed by atoms with Crippen LogP contribution in [0.15, 0.2) is 28.6 Å². The Morgan fingerprint density at radius 1 is 1.42 bits per heavy atom. The van der Waals surface area contributed by atoms with Crippen LogP contribution in [0.3, 0.4) is 0 Å². The van der Waals surface area contributed by atoms with E-state index in [1.807, 2.05) is 26.0 Å². The maximum atomic E-state index is 12.5. The van der Waals surface area contributed by atoms with Crippen LogP contribution in [0, 0.1) is 21.2 Å². The topological polar surface area (TPSA) is 70.7 Å². The maximum absolute atomic E-state index is 12.5. The van der Waals surface area contributed by atoms with Crippen LogP contribution < -0.4 is 5.32 Å². The van der Waals surface area contributed by atoms with Crippen LogP contribution >= 0.6 is 46.9 Å². The van der Waals surface area contributed by atoms with Crippen LogP contribution in [0.25, 0.3) is 5.69 Å². The van der Waals surface area contributed by atoms with Crippen molar-refractivity contribution in [3.8, 4) is 11.8 Å². The number of carbonyl (C=O) groups is 1. The van der Waals surface area contributed by atoms with E-state index in [1.54, 1.807) is 30.7 Å². The van der Waals surface area contributed by atoms with E-state index in [-0.39, 0.29) is 11.8 Å². The second kappa shape index (κ2) is 8.53. The molecule has 1 aromatic carbocycles. The van der Waals surface area contributed by atoms with Gasteiger partial charge in [-0.1, -0.05) is 48.5 Å². The van der Waals surface area contributed by atoms with Crippen LogP contribution in [-0.2, 0) is 4.79 Å². The van der Waals surface area contributed by atoms with Crippen molar-refractivity contribution in [2.45, 2.75) is 42.8 Å². The summed E-state index contributed by atoms with van der Waals surface area (Å²) in [6, 6.07) is 9.40. The summed E-state index contributed by atoms with van der Waals surface area (Å²) in [6.07, 6.45) is 0. The summed E-state index contributed by atoms with van der Waals surface area (Å²) >= 11 is 13.9. The molecule has 2 unspecified atom stereocenters. The number of halogens is 1. The first-order chi connectivity index (χ1) is 12.2. The third kappa shape index (κ3) is 4.86. The smallest absolute Gasteiger partial charge is 0.234 e. The normalized spacial score (nSPS) is 14.5. The van der Waals surface area contributed by atoms with Gasteiger partial charge in [0.25, 0.3) is 0 Å². The fourth-order valence-electron chi connectivity index (χ4n) is 1.92. The lowest BCUT2D eigenvalue weighted by Crippen LogP contribution is -2.51. The Morgan fingerprint density at radius 3 is 2.58 bits per heavy atom. The number of carbonyl (C=O) groups excluding carboxylic acids is 1. The van der Waals surface area contributed by atoms with Gasteiger partial charge in [0, 0.05) is 5.02 Å². The highest BCUT2D eigenvalue weighted by Crippen LogP contribution is 2.28. The summed E-state index contributed by atoms with van der Waals surface area (Å²) < 4.78 is 2.93. The van der Waals surface area contributed by atoms with Gasteiger partial charge >= 0.3 is 0 Å². The molecular weight excluding hydrogens is 408 g/mol. The molecule has 1 N–H and O–H groups in total. The molecule has 2 rings (SSSR count). The summed E-state index contributed by atoms with van der Waals surface area (Å²) in [5.74, 6) is -0.202. The molecule has 1 heterocycles. The van der Waals surface area contributed by atoms with Gasteiger partial charge in [0.2, 0.25) is 5.91 Å². The van der Waals surface area contributed by atoms with Gasteiger partial charge in [-0.15, -0.1) is 5.10 Å². The van der Waals surface area contributed by atoms with Crippen molar-refractivity contribution in [2.75, 3.05) is 0 Å². The van der Waals surface area contributed by atoms with Gasteiger partial charge in [-0.25, -0.2) is 4.68 Å². The number of benzene rings is 1. The van der Waals surface area contributed by atoms with E-state index >= 15 is 0 Å². The van der Waals surface area contributed by atoms with Crippen LogP contribution in [-0.4, -0.2) is 26.5 Å². The maximum Gasteiger partial charge on any atom is 0.234 e. The summed E-state index contributed by atoms with van der Waals surface area (Å²) in [6.45, 7) is 7.32. The number of hydrogen-bond acceptors (Lipinski definition) is 6. The van der Waals surface area contributed by atoms with Crippen LogP contribution in [0.4, 0.5) is 0 Å². The lowest BCUT2D eigenvalue weighted by molar-refractivity contribution is -0.121. The van der Waals surface area contributed by atoms with E-state index in [9.17, 15) is 10.1 Å². The zero-order valence-corrected chi connectivity index (χ0v) is 18.0. The first kappa shape index (κ1) is 20.9. The van der Waals surface area contributed by atoms with Gasteiger partial charge in [-0.05, 0) is 56.2 Å². The molecule has 0 aliphatic rings. The Hall–Kier alpha value is -1.40. The zero-order valence-electron chi connectivity index (χ0n) is 14.8.